The molecule has 0 saturated carbocycles. The third-order valence-electron chi connectivity index (χ3n) is 3.64. The summed E-state index contributed by atoms with van der Waals surface area (Å²) in [7, 11) is 0. The second kappa shape index (κ2) is 6.95. The highest BCUT2D eigenvalue weighted by Gasteiger charge is 2.12. The number of halogens is 1. The van der Waals surface area contributed by atoms with Crippen molar-refractivity contribution in [2.24, 2.45) is 5.92 Å². The van der Waals surface area contributed by atoms with Crippen LogP contribution in [0.5, 0.6) is 0 Å². The highest BCUT2D eigenvalue weighted by molar-refractivity contribution is 7.98. The minimum atomic E-state index is -0.187. The van der Waals surface area contributed by atoms with Crippen LogP contribution in [0.25, 0.3) is 11.1 Å². The Hall–Kier alpha value is -1.54. The Kier molecular flexibility index (Phi) is 5.24. The molecule has 0 atom stereocenters. The average Bonchev–Trinajstić information content (AvgIpc) is 2.47. The van der Waals surface area contributed by atoms with Crippen LogP contribution < -0.4 is 0 Å². The standard InChI is InChI=1S/C19H21FS/c1-13(2)19(15-8-10-18(21-4)11-9-15)14(3)16-6-5-7-17(20)12-16/h5-13H,1-4H3. The van der Waals surface area contributed by atoms with Crippen molar-refractivity contribution in [3.05, 3.63) is 65.5 Å². The first kappa shape index (κ1) is 15.8. The van der Waals surface area contributed by atoms with Gasteiger partial charge in [0.15, 0.2) is 0 Å². The van der Waals surface area contributed by atoms with Crippen LogP contribution in [0.2, 0.25) is 0 Å². The average molecular weight is 300 g/mol. The zero-order chi connectivity index (χ0) is 15.4. The Morgan fingerprint density at radius 3 is 2.19 bits per heavy atom. The van der Waals surface area contributed by atoms with Gasteiger partial charge in [0, 0.05) is 4.90 Å². The van der Waals surface area contributed by atoms with Crippen molar-refractivity contribution in [1.82, 2.24) is 0 Å². The summed E-state index contributed by atoms with van der Waals surface area (Å²) >= 11 is 1.74. The van der Waals surface area contributed by atoms with E-state index in [1.165, 1.54) is 22.1 Å². The molecule has 0 fully saturated rings. The number of benzene rings is 2. The van der Waals surface area contributed by atoms with E-state index in [4.69, 9.17) is 0 Å². The van der Waals surface area contributed by atoms with Gasteiger partial charge in [-0.3, -0.25) is 0 Å². The Balaban J connectivity index is 2.52. The maximum absolute atomic E-state index is 13.5. The van der Waals surface area contributed by atoms with Crippen LogP contribution in [0, 0.1) is 11.7 Å². The molecule has 0 unspecified atom stereocenters. The van der Waals surface area contributed by atoms with Gasteiger partial charge in [-0.25, -0.2) is 4.39 Å². The maximum atomic E-state index is 13.5. The lowest BCUT2D eigenvalue weighted by molar-refractivity contribution is 0.627. The van der Waals surface area contributed by atoms with Gasteiger partial charge < -0.3 is 0 Å². The topological polar surface area (TPSA) is 0 Å². The van der Waals surface area contributed by atoms with E-state index in [1.807, 2.05) is 6.07 Å². The van der Waals surface area contributed by atoms with Crippen molar-refractivity contribution >= 4 is 22.9 Å². The number of hydrogen-bond acceptors (Lipinski definition) is 1. The van der Waals surface area contributed by atoms with Crippen molar-refractivity contribution < 1.29 is 4.39 Å². The predicted molar refractivity (Wildman–Crippen MR) is 91.9 cm³/mol. The molecule has 2 rings (SSSR count). The third-order valence-corrected chi connectivity index (χ3v) is 4.38. The van der Waals surface area contributed by atoms with E-state index in [0.29, 0.717) is 5.92 Å². The summed E-state index contributed by atoms with van der Waals surface area (Å²) < 4.78 is 13.5. The molecule has 110 valence electrons. The zero-order valence-corrected chi connectivity index (χ0v) is 13.8. The van der Waals surface area contributed by atoms with E-state index in [9.17, 15) is 4.39 Å². The Morgan fingerprint density at radius 2 is 1.67 bits per heavy atom. The number of hydrogen-bond donors (Lipinski definition) is 0. The van der Waals surface area contributed by atoms with Crippen molar-refractivity contribution in [1.29, 1.82) is 0 Å². The predicted octanol–water partition coefficient (Wildman–Crippen LogP) is 6.13. The van der Waals surface area contributed by atoms with Crippen molar-refractivity contribution in [3.8, 4) is 0 Å². The molecule has 0 spiro atoms. The molecule has 0 nitrogen and oxygen atoms in total. The van der Waals surface area contributed by atoms with Crippen molar-refractivity contribution in [2.75, 3.05) is 6.26 Å². The van der Waals surface area contributed by atoms with Crippen molar-refractivity contribution in [2.45, 2.75) is 25.7 Å². The van der Waals surface area contributed by atoms with Crippen LogP contribution in [0.1, 0.15) is 31.9 Å². The van der Waals surface area contributed by atoms with E-state index >= 15 is 0 Å². The monoisotopic (exact) mass is 300 g/mol. The van der Waals surface area contributed by atoms with Crippen LogP contribution in [0.3, 0.4) is 0 Å². The molecule has 0 radical (unpaired) electrons. The number of allylic oxidation sites excluding steroid dienone is 2. The summed E-state index contributed by atoms with van der Waals surface area (Å²) in [6, 6.07) is 15.4. The largest absolute Gasteiger partial charge is 0.207 e. The van der Waals surface area contributed by atoms with Gasteiger partial charge in [0.05, 0.1) is 0 Å². The SMILES string of the molecule is CSc1ccc(C(=C(C)c2cccc(F)c2)C(C)C)cc1. The molecule has 0 heterocycles. The first-order chi connectivity index (χ1) is 10.0. The number of thioether (sulfide) groups is 1. The summed E-state index contributed by atoms with van der Waals surface area (Å²) in [4.78, 5) is 1.25. The summed E-state index contributed by atoms with van der Waals surface area (Å²) in [6.45, 7) is 6.44. The molecule has 0 N–H and O–H groups in total. The smallest absolute Gasteiger partial charge is 0.123 e. The van der Waals surface area contributed by atoms with Gasteiger partial charge in [-0.15, -0.1) is 11.8 Å². The van der Waals surface area contributed by atoms with Gasteiger partial charge in [0.1, 0.15) is 5.82 Å². The van der Waals surface area contributed by atoms with Crippen LogP contribution in [0.4, 0.5) is 4.39 Å². The normalized spacial score (nSPS) is 12.5. The first-order valence-corrected chi connectivity index (χ1v) is 8.36. The van der Waals surface area contributed by atoms with E-state index < -0.39 is 0 Å². The van der Waals surface area contributed by atoms with Crippen molar-refractivity contribution in [3.63, 3.8) is 0 Å². The third kappa shape index (κ3) is 3.76. The van der Waals surface area contributed by atoms with Crippen LogP contribution in [0.15, 0.2) is 53.4 Å². The fourth-order valence-corrected chi connectivity index (χ4v) is 3.04. The minimum Gasteiger partial charge on any atom is -0.207 e. The highest BCUT2D eigenvalue weighted by atomic mass is 32.2. The zero-order valence-electron chi connectivity index (χ0n) is 13.0. The van der Waals surface area contributed by atoms with E-state index in [-0.39, 0.29) is 5.82 Å². The molecule has 2 aromatic rings. The Labute approximate surface area is 131 Å². The summed E-state index contributed by atoms with van der Waals surface area (Å²) in [5, 5.41) is 0. The van der Waals surface area contributed by atoms with Crippen LogP contribution >= 0.6 is 11.8 Å². The fourth-order valence-electron chi connectivity index (χ4n) is 2.63. The summed E-state index contributed by atoms with van der Waals surface area (Å²) in [5.74, 6) is 0.195. The second-order valence-corrected chi connectivity index (χ2v) is 6.31. The van der Waals surface area contributed by atoms with Gasteiger partial charge >= 0.3 is 0 Å². The Bertz CT molecular complexity index is 639. The van der Waals surface area contributed by atoms with Gasteiger partial charge in [-0.2, -0.15) is 0 Å². The van der Waals surface area contributed by atoms with Gasteiger partial charge in [-0.1, -0.05) is 38.1 Å². The van der Waals surface area contributed by atoms with Crippen LogP contribution in [-0.2, 0) is 0 Å². The molecular weight excluding hydrogens is 279 g/mol. The Morgan fingerprint density at radius 1 is 1.00 bits per heavy atom. The van der Waals surface area contributed by atoms with Gasteiger partial charge in [0.2, 0.25) is 0 Å². The molecule has 0 aliphatic rings. The van der Waals surface area contributed by atoms with Crippen LogP contribution in [-0.4, -0.2) is 6.26 Å². The molecule has 2 heteroatoms. The molecule has 0 amide bonds. The summed E-state index contributed by atoms with van der Waals surface area (Å²) in [5.41, 5.74) is 4.58. The lowest BCUT2D eigenvalue weighted by Crippen LogP contribution is -1.98. The van der Waals surface area contributed by atoms with E-state index in [1.54, 1.807) is 23.9 Å². The molecule has 0 aromatic heterocycles. The summed E-state index contributed by atoms with van der Waals surface area (Å²) in [6.07, 6.45) is 2.08. The fraction of sp³-hybridized carbons (Fsp3) is 0.263. The molecular formula is C19H21FS. The van der Waals surface area contributed by atoms with Gasteiger partial charge in [0.25, 0.3) is 0 Å². The minimum absolute atomic E-state index is 0.187. The quantitative estimate of drug-likeness (QED) is 0.483. The number of rotatable bonds is 4. The lowest BCUT2D eigenvalue weighted by atomic mass is 9.88. The molecule has 2 aromatic carbocycles. The molecule has 0 aliphatic heterocycles. The lowest BCUT2D eigenvalue weighted by Gasteiger charge is -2.17. The maximum Gasteiger partial charge on any atom is 0.123 e. The highest BCUT2D eigenvalue weighted by Crippen LogP contribution is 2.33. The first-order valence-electron chi connectivity index (χ1n) is 7.14. The molecule has 0 aliphatic carbocycles. The molecule has 21 heavy (non-hydrogen) atoms. The molecule has 0 bridgehead atoms. The van der Waals surface area contributed by atoms with E-state index in [0.717, 1.165) is 11.1 Å². The second-order valence-electron chi connectivity index (χ2n) is 5.43. The van der Waals surface area contributed by atoms with Gasteiger partial charge in [-0.05, 0) is 65.6 Å². The molecule has 0 saturated heterocycles. The van der Waals surface area contributed by atoms with E-state index in [2.05, 4.69) is 51.3 Å².